The molecule has 0 heterocycles. The van der Waals surface area contributed by atoms with Gasteiger partial charge in [0, 0.05) is 5.56 Å². The van der Waals surface area contributed by atoms with Crippen LogP contribution in [0.25, 0.3) is 0 Å². The topological polar surface area (TPSA) is 103 Å². The first-order valence-corrected chi connectivity index (χ1v) is 6.85. The summed E-state index contributed by atoms with van der Waals surface area (Å²) in [4.78, 5) is 22.5. The molecule has 0 atom stereocenters. The van der Waals surface area contributed by atoms with Crippen LogP contribution in [-0.2, 0) is 0 Å². The zero-order valence-electron chi connectivity index (χ0n) is 13.1. The fraction of sp³-hybridized carbons (Fsp3) is 0.125. The van der Waals surface area contributed by atoms with Crippen molar-refractivity contribution in [3.63, 3.8) is 0 Å². The lowest BCUT2D eigenvalue weighted by atomic mass is 10.1. The molecule has 8 heteroatoms. The van der Waals surface area contributed by atoms with Crippen molar-refractivity contribution in [1.29, 1.82) is 0 Å². The molecule has 0 aliphatic heterocycles. The highest BCUT2D eigenvalue weighted by Gasteiger charge is 2.18. The van der Waals surface area contributed by atoms with Crippen LogP contribution in [0.1, 0.15) is 15.9 Å². The smallest absolute Gasteiger partial charge is 0.282 e. The summed E-state index contributed by atoms with van der Waals surface area (Å²) in [5, 5.41) is 14.9. The minimum atomic E-state index is -0.567. The predicted octanol–water partition coefficient (Wildman–Crippen LogP) is 2.38. The molecule has 0 radical (unpaired) electrons. The van der Waals surface area contributed by atoms with Crippen LogP contribution < -0.4 is 14.9 Å². The molecule has 0 saturated heterocycles. The van der Waals surface area contributed by atoms with Crippen LogP contribution in [0, 0.1) is 10.1 Å². The molecule has 24 heavy (non-hydrogen) atoms. The fourth-order valence-electron chi connectivity index (χ4n) is 1.96. The molecule has 124 valence electrons. The Kier molecular flexibility index (Phi) is 5.45. The first-order chi connectivity index (χ1) is 11.6. The summed E-state index contributed by atoms with van der Waals surface area (Å²) in [6, 6.07) is 11.1. The molecule has 2 aromatic rings. The van der Waals surface area contributed by atoms with Gasteiger partial charge in [0.25, 0.3) is 11.6 Å². The highest BCUT2D eigenvalue weighted by Crippen LogP contribution is 2.33. The van der Waals surface area contributed by atoms with Gasteiger partial charge in [-0.25, -0.2) is 5.43 Å². The Morgan fingerprint density at radius 1 is 1.17 bits per heavy atom. The van der Waals surface area contributed by atoms with E-state index in [4.69, 9.17) is 9.47 Å². The van der Waals surface area contributed by atoms with Gasteiger partial charge < -0.3 is 9.47 Å². The van der Waals surface area contributed by atoms with Gasteiger partial charge in [0.05, 0.1) is 37.0 Å². The van der Waals surface area contributed by atoms with Crippen molar-refractivity contribution < 1.29 is 19.2 Å². The first kappa shape index (κ1) is 16.9. The number of methoxy groups -OCH3 is 2. The number of hydrogen-bond acceptors (Lipinski definition) is 6. The minimum absolute atomic E-state index is 0.172. The van der Waals surface area contributed by atoms with Crippen molar-refractivity contribution in [3.05, 3.63) is 63.7 Å². The van der Waals surface area contributed by atoms with E-state index in [9.17, 15) is 14.9 Å². The average molecular weight is 329 g/mol. The number of nitro groups is 1. The number of benzene rings is 2. The molecular formula is C16H15N3O5. The molecule has 0 unspecified atom stereocenters. The Morgan fingerprint density at radius 3 is 2.38 bits per heavy atom. The number of nitrogens with one attached hydrogen (secondary N) is 1. The molecule has 2 rings (SSSR count). The number of ether oxygens (including phenoxy) is 2. The van der Waals surface area contributed by atoms with E-state index in [0.29, 0.717) is 11.3 Å². The number of nitrogens with zero attached hydrogens (tertiary/aromatic N) is 2. The van der Waals surface area contributed by atoms with Gasteiger partial charge in [-0.1, -0.05) is 18.2 Å². The standard InChI is InChI=1S/C16H15N3O5/c1-23-14-8-12(13(19(21)22)9-15(14)24-2)10-17-18-16(20)11-6-4-3-5-7-11/h3-10H,1-2H3,(H,18,20)/b17-10+. The molecule has 0 fully saturated rings. The van der Waals surface area contributed by atoms with Gasteiger partial charge in [-0.05, 0) is 18.2 Å². The number of nitro benzene ring substituents is 1. The van der Waals surface area contributed by atoms with Gasteiger partial charge in [-0.2, -0.15) is 5.10 Å². The minimum Gasteiger partial charge on any atom is -0.493 e. The highest BCUT2D eigenvalue weighted by molar-refractivity contribution is 5.95. The SMILES string of the molecule is COc1cc(/C=N/NC(=O)c2ccccc2)c([N+](=O)[O-])cc1OC. The second-order valence-electron chi connectivity index (χ2n) is 4.59. The van der Waals surface area contributed by atoms with Crippen molar-refractivity contribution in [2.45, 2.75) is 0 Å². The summed E-state index contributed by atoms with van der Waals surface area (Å²) in [6.07, 6.45) is 1.18. The first-order valence-electron chi connectivity index (χ1n) is 6.85. The van der Waals surface area contributed by atoms with Crippen molar-refractivity contribution in [2.24, 2.45) is 5.10 Å². The number of hydrazone groups is 1. The van der Waals surface area contributed by atoms with E-state index in [-0.39, 0.29) is 17.0 Å². The second kappa shape index (κ2) is 7.73. The van der Waals surface area contributed by atoms with Crippen LogP contribution in [0.4, 0.5) is 5.69 Å². The van der Waals surface area contributed by atoms with E-state index in [0.717, 1.165) is 0 Å². The van der Waals surface area contributed by atoms with Crippen LogP contribution in [0.5, 0.6) is 11.5 Å². The maximum Gasteiger partial charge on any atom is 0.282 e. The summed E-state index contributed by atoms with van der Waals surface area (Å²) in [5.41, 5.74) is 2.70. The molecular weight excluding hydrogens is 314 g/mol. The molecule has 0 bridgehead atoms. The zero-order valence-corrected chi connectivity index (χ0v) is 13.1. The van der Waals surface area contributed by atoms with E-state index in [1.54, 1.807) is 30.3 Å². The number of rotatable bonds is 6. The number of amides is 1. The monoisotopic (exact) mass is 329 g/mol. The van der Waals surface area contributed by atoms with Crippen molar-refractivity contribution in [3.8, 4) is 11.5 Å². The van der Waals surface area contributed by atoms with Crippen LogP contribution in [0.3, 0.4) is 0 Å². The third-order valence-corrected chi connectivity index (χ3v) is 3.14. The Morgan fingerprint density at radius 2 is 1.79 bits per heavy atom. The van der Waals surface area contributed by atoms with Gasteiger partial charge >= 0.3 is 0 Å². The van der Waals surface area contributed by atoms with Crippen LogP contribution in [-0.4, -0.2) is 31.3 Å². The summed E-state index contributed by atoms with van der Waals surface area (Å²) in [5.74, 6) is 0.128. The summed E-state index contributed by atoms with van der Waals surface area (Å²) >= 11 is 0. The van der Waals surface area contributed by atoms with Crippen molar-refractivity contribution in [2.75, 3.05) is 14.2 Å². The lowest BCUT2D eigenvalue weighted by Gasteiger charge is -2.08. The van der Waals surface area contributed by atoms with E-state index >= 15 is 0 Å². The van der Waals surface area contributed by atoms with Crippen LogP contribution in [0.2, 0.25) is 0 Å². The summed E-state index contributed by atoms with van der Waals surface area (Å²) in [7, 11) is 2.80. The van der Waals surface area contributed by atoms with Gasteiger partial charge in [0.2, 0.25) is 0 Å². The predicted molar refractivity (Wildman–Crippen MR) is 87.7 cm³/mol. The van der Waals surface area contributed by atoms with E-state index in [1.165, 1.54) is 32.6 Å². The molecule has 2 aromatic carbocycles. The van der Waals surface area contributed by atoms with Crippen molar-refractivity contribution >= 4 is 17.8 Å². The van der Waals surface area contributed by atoms with Gasteiger partial charge in [-0.15, -0.1) is 0 Å². The van der Waals surface area contributed by atoms with E-state index in [2.05, 4.69) is 10.5 Å². The number of carbonyl (C=O) groups excluding carboxylic acids is 1. The number of hydrogen-bond donors (Lipinski definition) is 1. The van der Waals surface area contributed by atoms with Gasteiger partial charge in [0.1, 0.15) is 0 Å². The summed E-state index contributed by atoms with van der Waals surface area (Å²) in [6.45, 7) is 0. The van der Waals surface area contributed by atoms with E-state index in [1.807, 2.05) is 0 Å². The summed E-state index contributed by atoms with van der Waals surface area (Å²) < 4.78 is 10.2. The molecule has 0 saturated carbocycles. The Hall–Kier alpha value is -3.42. The van der Waals surface area contributed by atoms with Crippen LogP contribution in [0.15, 0.2) is 47.6 Å². The number of carbonyl (C=O) groups is 1. The molecule has 0 spiro atoms. The molecule has 0 aliphatic rings. The molecule has 8 nitrogen and oxygen atoms in total. The third kappa shape index (κ3) is 3.86. The maximum absolute atomic E-state index is 11.9. The van der Waals surface area contributed by atoms with E-state index < -0.39 is 10.8 Å². The molecule has 1 N–H and O–H groups in total. The van der Waals surface area contributed by atoms with Gasteiger partial charge in [-0.3, -0.25) is 14.9 Å². The van der Waals surface area contributed by atoms with Gasteiger partial charge in [0.15, 0.2) is 11.5 Å². The van der Waals surface area contributed by atoms with Crippen molar-refractivity contribution in [1.82, 2.24) is 5.43 Å². The normalized spacial score (nSPS) is 10.4. The average Bonchev–Trinajstić information content (AvgIpc) is 2.61. The molecule has 0 aromatic heterocycles. The quantitative estimate of drug-likeness (QED) is 0.498. The Labute approximate surface area is 137 Å². The second-order valence-corrected chi connectivity index (χ2v) is 4.59. The molecule has 1 amide bonds. The lowest BCUT2D eigenvalue weighted by molar-refractivity contribution is -0.385. The fourth-order valence-corrected chi connectivity index (χ4v) is 1.96. The van der Waals surface area contributed by atoms with Crippen LogP contribution >= 0.6 is 0 Å². The Balaban J connectivity index is 2.24. The maximum atomic E-state index is 11.9. The Bertz CT molecular complexity index is 775. The highest BCUT2D eigenvalue weighted by atomic mass is 16.6. The lowest BCUT2D eigenvalue weighted by Crippen LogP contribution is -2.17. The largest absolute Gasteiger partial charge is 0.493 e. The zero-order chi connectivity index (χ0) is 17.5. The third-order valence-electron chi connectivity index (χ3n) is 3.14. The molecule has 0 aliphatic carbocycles.